The molecule has 2 fully saturated rings. The fourth-order valence-corrected chi connectivity index (χ4v) is 9.40. The Bertz CT molecular complexity index is 2410. The van der Waals surface area contributed by atoms with Crippen molar-refractivity contribution in [2.24, 2.45) is 10.8 Å². The second kappa shape index (κ2) is 27.2. The van der Waals surface area contributed by atoms with E-state index in [2.05, 4.69) is 42.5 Å². The summed E-state index contributed by atoms with van der Waals surface area (Å²) in [6.45, 7) is 12.1. The highest BCUT2D eigenvalue weighted by Gasteiger charge is 2.48. The maximum absolute atomic E-state index is 14.6. The number of nitrogens with zero attached hydrogens (tertiary/aromatic N) is 2. The van der Waals surface area contributed by atoms with Crippen molar-refractivity contribution < 1.29 is 58.8 Å². The highest BCUT2D eigenvalue weighted by Crippen LogP contribution is 2.30. The molecule has 12 N–H and O–H groups in total. The third-order valence-electron chi connectivity index (χ3n) is 14.4. The van der Waals surface area contributed by atoms with Crippen molar-refractivity contribution in [2.75, 3.05) is 40.4 Å². The molecule has 3 aromatic rings. The van der Waals surface area contributed by atoms with Crippen LogP contribution in [0.4, 0.5) is 0 Å². The van der Waals surface area contributed by atoms with Crippen molar-refractivity contribution in [3.8, 4) is 0 Å². The number of rotatable bonds is 22. The Morgan fingerprint density at radius 1 is 0.538 bits per heavy atom. The molecule has 22 heteroatoms. The van der Waals surface area contributed by atoms with Gasteiger partial charge in [0.2, 0.25) is 35.4 Å². The van der Waals surface area contributed by atoms with Crippen molar-refractivity contribution in [1.82, 2.24) is 52.3 Å². The SMILES string of the molecule is CN[C@@H](C)C(=O)NC(C(=O)N1C[C@@H](NC(=O)c2cccc(C(=O)N[C@H]3CC(C(=O)N[C@H](CO)[C@H](O)c4ccccc4)N(C(=O)[C@@H](NC(=O)[C@H](C)NC)C(C)(C)C)C3)c2)C[C@H]1C(=O)N[C@H](CO)[C@@H](O)c1ccccc1)C(C)(C)C. The quantitative estimate of drug-likeness (QED) is 0.0620. The fraction of sp³-hybridized carbons (Fsp3) is 0.536. The Hall–Kier alpha value is -6.82. The predicted octanol–water partition coefficient (Wildman–Crippen LogP) is -0.216. The van der Waals surface area contributed by atoms with Gasteiger partial charge in [-0.25, -0.2) is 0 Å². The van der Waals surface area contributed by atoms with Crippen LogP contribution in [0.5, 0.6) is 0 Å². The molecule has 0 aromatic heterocycles. The molecule has 3 aromatic carbocycles. The highest BCUT2D eigenvalue weighted by molar-refractivity contribution is 6.01. The van der Waals surface area contributed by atoms with Crippen LogP contribution < -0.4 is 42.5 Å². The lowest BCUT2D eigenvalue weighted by molar-refractivity contribution is -0.144. The first-order chi connectivity index (χ1) is 36.7. The number of likely N-dealkylation sites (N-methyl/N-ethyl adjacent to an activating group) is 2. The Morgan fingerprint density at radius 3 is 1.19 bits per heavy atom. The van der Waals surface area contributed by atoms with E-state index < -0.39 is 144 Å². The Balaban J connectivity index is 1.38. The molecule has 0 spiro atoms. The number of nitrogens with one attached hydrogen (secondary N) is 8. The van der Waals surface area contributed by atoms with Gasteiger partial charge in [0.05, 0.1) is 37.4 Å². The van der Waals surface area contributed by atoms with Crippen LogP contribution in [0, 0.1) is 10.8 Å². The molecule has 2 heterocycles. The van der Waals surface area contributed by atoms with Crippen molar-refractivity contribution in [3.05, 3.63) is 107 Å². The van der Waals surface area contributed by atoms with Crippen molar-refractivity contribution in [1.29, 1.82) is 0 Å². The van der Waals surface area contributed by atoms with Gasteiger partial charge in [0, 0.05) is 36.3 Å². The number of aliphatic hydroxyl groups is 4. The van der Waals surface area contributed by atoms with E-state index in [0.29, 0.717) is 11.1 Å². The van der Waals surface area contributed by atoms with Gasteiger partial charge >= 0.3 is 0 Å². The predicted molar refractivity (Wildman–Crippen MR) is 290 cm³/mol. The molecule has 0 saturated carbocycles. The zero-order chi connectivity index (χ0) is 57.8. The van der Waals surface area contributed by atoms with Crippen LogP contribution in [0.15, 0.2) is 84.9 Å². The molecule has 426 valence electrons. The average molecular weight is 1090 g/mol. The molecule has 12 atom stereocenters. The fourth-order valence-electron chi connectivity index (χ4n) is 9.40. The smallest absolute Gasteiger partial charge is 0.251 e. The molecule has 22 nitrogen and oxygen atoms in total. The van der Waals surface area contributed by atoms with E-state index in [1.807, 2.05) is 0 Å². The lowest BCUT2D eigenvalue weighted by Crippen LogP contribution is -2.60. The molecule has 2 saturated heterocycles. The first kappa shape index (κ1) is 62.0. The van der Waals surface area contributed by atoms with Gasteiger partial charge in [0.1, 0.15) is 36.4 Å². The van der Waals surface area contributed by atoms with Gasteiger partial charge < -0.3 is 72.8 Å². The molecule has 5 rings (SSSR count). The van der Waals surface area contributed by atoms with E-state index in [-0.39, 0.29) is 37.1 Å². The minimum atomic E-state index is -1.32. The minimum absolute atomic E-state index is 0.0349. The first-order valence-corrected chi connectivity index (χ1v) is 26.3. The van der Waals surface area contributed by atoms with Gasteiger partial charge in [-0.3, -0.25) is 38.4 Å². The van der Waals surface area contributed by atoms with Crippen LogP contribution in [-0.4, -0.2) is 178 Å². The average Bonchev–Trinajstić information content (AvgIpc) is 4.12. The van der Waals surface area contributed by atoms with Crippen molar-refractivity contribution in [2.45, 2.75) is 141 Å². The third-order valence-corrected chi connectivity index (χ3v) is 14.4. The normalized spacial score (nSPS) is 20.6. The second-order valence-electron chi connectivity index (χ2n) is 22.3. The number of benzene rings is 3. The summed E-state index contributed by atoms with van der Waals surface area (Å²) in [5, 5.41) is 65.4. The zero-order valence-electron chi connectivity index (χ0n) is 46.2. The molecule has 0 bridgehead atoms. The van der Waals surface area contributed by atoms with Gasteiger partial charge in [-0.1, -0.05) is 108 Å². The zero-order valence-corrected chi connectivity index (χ0v) is 46.2. The second-order valence-corrected chi connectivity index (χ2v) is 22.3. The number of hydrogen-bond donors (Lipinski definition) is 12. The van der Waals surface area contributed by atoms with E-state index in [4.69, 9.17) is 0 Å². The lowest BCUT2D eigenvalue weighted by Gasteiger charge is -2.36. The highest BCUT2D eigenvalue weighted by atomic mass is 16.3. The summed E-state index contributed by atoms with van der Waals surface area (Å²) in [6.07, 6.45) is -2.84. The summed E-state index contributed by atoms with van der Waals surface area (Å²) in [6, 6.07) is 12.5. The van der Waals surface area contributed by atoms with Crippen LogP contribution in [0.3, 0.4) is 0 Å². The summed E-state index contributed by atoms with van der Waals surface area (Å²) in [4.78, 5) is 115. The van der Waals surface area contributed by atoms with Crippen LogP contribution >= 0.6 is 0 Å². The van der Waals surface area contributed by atoms with E-state index in [0.717, 1.165) is 0 Å². The van der Waals surface area contributed by atoms with E-state index >= 15 is 0 Å². The maximum atomic E-state index is 14.6. The molecular formula is C56H80N10O12. The van der Waals surface area contributed by atoms with Crippen LogP contribution in [0.25, 0.3) is 0 Å². The Kier molecular flexibility index (Phi) is 21.6. The number of carbonyl (C=O) groups is 8. The van der Waals surface area contributed by atoms with Gasteiger partial charge in [0.25, 0.3) is 11.8 Å². The van der Waals surface area contributed by atoms with Gasteiger partial charge in [0.15, 0.2) is 0 Å². The molecule has 2 aliphatic rings. The van der Waals surface area contributed by atoms with Gasteiger partial charge in [-0.05, 0) is 80.9 Å². The molecule has 0 aliphatic carbocycles. The first-order valence-electron chi connectivity index (χ1n) is 26.3. The van der Waals surface area contributed by atoms with Gasteiger partial charge in [-0.2, -0.15) is 0 Å². The topological polar surface area (TPSA) is 320 Å². The molecule has 2 aliphatic heterocycles. The van der Waals surface area contributed by atoms with Crippen molar-refractivity contribution >= 4 is 47.3 Å². The number of hydrogen-bond acceptors (Lipinski definition) is 14. The van der Waals surface area contributed by atoms with Crippen LogP contribution in [0.1, 0.15) is 112 Å². The van der Waals surface area contributed by atoms with Crippen molar-refractivity contribution in [3.63, 3.8) is 0 Å². The Morgan fingerprint density at radius 2 is 0.885 bits per heavy atom. The summed E-state index contributed by atoms with van der Waals surface area (Å²) in [5.74, 6) is -4.89. The minimum Gasteiger partial charge on any atom is -0.394 e. The largest absolute Gasteiger partial charge is 0.394 e. The molecular weight excluding hydrogens is 1000 g/mol. The number of likely N-dealkylation sites (tertiary alicyclic amines) is 2. The van der Waals surface area contributed by atoms with E-state index in [1.165, 1.54) is 34.1 Å². The van der Waals surface area contributed by atoms with Crippen LogP contribution in [0.2, 0.25) is 0 Å². The van der Waals surface area contributed by atoms with Crippen LogP contribution in [-0.2, 0) is 28.8 Å². The summed E-state index contributed by atoms with van der Waals surface area (Å²) >= 11 is 0. The number of carbonyl (C=O) groups excluding carboxylic acids is 8. The Labute approximate surface area is 456 Å². The summed E-state index contributed by atoms with van der Waals surface area (Å²) < 4.78 is 0. The molecule has 0 radical (unpaired) electrons. The lowest BCUT2D eigenvalue weighted by atomic mass is 9.85. The number of aliphatic hydroxyl groups excluding tert-OH is 4. The third kappa shape index (κ3) is 15.7. The molecule has 8 amide bonds. The van der Waals surface area contributed by atoms with E-state index in [9.17, 15) is 58.8 Å². The molecule has 2 unspecified atom stereocenters. The maximum Gasteiger partial charge on any atom is 0.251 e. The molecule has 78 heavy (non-hydrogen) atoms. The monoisotopic (exact) mass is 1080 g/mol. The standard InChI is InChI=1S/C56H80N10O12/c1-31(57-9)47(71)63-45(55(3,4)5)53(77)65-27-37(25-41(65)51(75)61-39(29-67)43(69)33-18-13-11-14-19-33)59-49(73)35-22-17-23-36(24-35)50(74)60-38-26-42(52(76)62-40(30-68)44(70)34-20-15-12-16-21-34)66(28-38)54(78)46(56(6,7)8)64-48(72)32(2)58-10/h11-24,31-32,37-46,57-58,67-70H,25-30H2,1-10H3,(H,59,73)(H,60,74)(H,61,75)(H,62,76)(H,63,71)(H,64,72)/t31-,32-,37-,38-,39+,40+,41-,42?,43-,44+,45?,46+/m0/s1. The van der Waals surface area contributed by atoms with E-state index in [1.54, 1.807) is 130 Å². The number of amides is 8. The summed E-state index contributed by atoms with van der Waals surface area (Å²) in [7, 11) is 3.19. The van der Waals surface area contributed by atoms with Gasteiger partial charge in [-0.15, -0.1) is 0 Å². The summed E-state index contributed by atoms with van der Waals surface area (Å²) in [5.41, 5.74) is -0.780.